The molecule has 1 heterocycles. The van der Waals surface area contributed by atoms with Crippen molar-refractivity contribution in [3.8, 4) is 5.75 Å². The number of nitro groups is 1. The van der Waals surface area contributed by atoms with Gasteiger partial charge in [0.05, 0.1) is 16.7 Å². The lowest BCUT2D eigenvalue weighted by molar-refractivity contribution is -0.384. The lowest BCUT2D eigenvalue weighted by Gasteiger charge is -2.35. The van der Waals surface area contributed by atoms with Gasteiger partial charge >= 0.3 is 0 Å². The summed E-state index contributed by atoms with van der Waals surface area (Å²) in [5.74, 6) is -0.432. The third-order valence-electron chi connectivity index (χ3n) is 5.31. The van der Waals surface area contributed by atoms with E-state index in [9.17, 15) is 19.7 Å². The number of nitrogens with one attached hydrogen (secondary N) is 1. The van der Waals surface area contributed by atoms with Crippen LogP contribution in [0.4, 0.5) is 17.1 Å². The predicted molar refractivity (Wildman–Crippen MR) is 119 cm³/mol. The van der Waals surface area contributed by atoms with Crippen LogP contribution in [0, 0.1) is 23.0 Å². The van der Waals surface area contributed by atoms with E-state index in [2.05, 4.69) is 5.32 Å². The van der Waals surface area contributed by atoms with Crippen LogP contribution in [-0.2, 0) is 9.59 Å². The molecule has 0 spiro atoms. The fourth-order valence-corrected chi connectivity index (χ4v) is 3.64. The number of ether oxygens (including phenoxy) is 1. The fraction of sp³-hybridized carbons (Fsp3) is 0.391. The van der Waals surface area contributed by atoms with Crippen LogP contribution >= 0.6 is 0 Å². The molecule has 1 unspecified atom stereocenters. The van der Waals surface area contributed by atoms with Crippen molar-refractivity contribution in [2.24, 2.45) is 5.92 Å². The molecule has 164 valence electrons. The van der Waals surface area contributed by atoms with Gasteiger partial charge in [-0.2, -0.15) is 0 Å². The summed E-state index contributed by atoms with van der Waals surface area (Å²) in [6.45, 7) is 9.45. The van der Waals surface area contributed by atoms with Crippen molar-refractivity contribution in [2.45, 2.75) is 46.6 Å². The molecule has 0 aromatic heterocycles. The van der Waals surface area contributed by atoms with E-state index in [1.165, 1.54) is 23.1 Å². The second-order valence-electron chi connectivity index (χ2n) is 8.36. The van der Waals surface area contributed by atoms with Gasteiger partial charge in [0.1, 0.15) is 6.54 Å². The lowest BCUT2D eigenvalue weighted by Crippen LogP contribution is -2.50. The average Bonchev–Trinajstić information content (AvgIpc) is 2.70. The van der Waals surface area contributed by atoms with Gasteiger partial charge in [-0.25, -0.2) is 0 Å². The second-order valence-corrected chi connectivity index (χ2v) is 8.36. The first-order valence-corrected chi connectivity index (χ1v) is 10.3. The number of carbonyl (C=O) groups is 2. The van der Waals surface area contributed by atoms with Gasteiger partial charge in [0.2, 0.25) is 5.91 Å². The molecule has 8 nitrogen and oxygen atoms in total. The van der Waals surface area contributed by atoms with Gasteiger partial charge in [-0.3, -0.25) is 24.6 Å². The quantitative estimate of drug-likeness (QED) is 0.545. The van der Waals surface area contributed by atoms with Crippen molar-refractivity contribution in [3.05, 3.63) is 57.6 Å². The third-order valence-corrected chi connectivity index (χ3v) is 5.31. The van der Waals surface area contributed by atoms with E-state index in [1.54, 1.807) is 0 Å². The molecular formula is C23H27N3O5. The molecule has 0 bridgehead atoms. The van der Waals surface area contributed by atoms with Gasteiger partial charge in [-0.05, 0) is 36.0 Å². The lowest BCUT2D eigenvalue weighted by atomic mass is 9.98. The molecule has 3 rings (SSSR count). The van der Waals surface area contributed by atoms with Crippen molar-refractivity contribution in [3.63, 3.8) is 0 Å². The summed E-state index contributed by atoms with van der Waals surface area (Å²) in [7, 11) is 0. The number of nitrogens with zero attached hydrogens (tertiary/aromatic N) is 2. The number of nitro benzene ring substituents is 1. The van der Waals surface area contributed by atoms with E-state index in [0.717, 1.165) is 16.8 Å². The number of amides is 2. The molecule has 0 saturated carbocycles. The normalized spacial score (nSPS) is 15.6. The number of anilines is 2. The molecule has 0 saturated heterocycles. The molecule has 0 radical (unpaired) electrons. The molecule has 0 aliphatic carbocycles. The predicted octanol–water partition coefficient (Wildman–Crippen LogP) is 4.42. The number of fused-ring (bicyclic) bond motifs is 1. The maximum Gasteiger partial charge on any atom is 0.273 e. The standard InChI is InChI=1S/C23H27N3O5/c1-13(2)17-8-6-7-15(5)21(17)24-20(27)12-25-18-10-9-16(26(29)30)11-19(18)31-22(14(3)4)23(25)28/h6-11,13-14,22H,12H2,1-5H3,(H,24,27). The minimum atomic E-state index is -0.827. The Labute approximate surface area is 181 Å². The molecule has 31 heavy (non-hydrogen) atoms. The minimum absolute atomic E-state index is 0.138. The molecule has 8 heteroatoms. The van der Waals surface area contributed by atoms with Crippen molar-refractivity contribution < 1.29 is 19.2 Å². The van der Waals surface area contributed by atoms with Gasteiger partial charge in [-0.15, -0.1) is 0 Å². The monoisotopic (exact) mass is 425 g/mol. The summed E-state index contributed by atoms with van der Waals surface area (Å²) >= 11 is 0. The van der Waals surface area contributed by atoms with Crippen LogP contribution in [0.15, 0.2) is 36.4 Å². The van der Waals surface area contributed by atoms with Crippen LogP contribution in [-0.4, -0.2) is 29.4 Å². The van der Waals surface area contributed by atoms with E-state index >= 15 is 0 Å². The summed E-state index contributed by atoms with van der Waals surface area (Å²) in [6.07, 6.45) is -0.827. The summed E-state index contributed by atoms with van der Waals surface area (Å²) in [5.41, 5.74) is 2.90. The molecule has 2 amide bonds. The number of benzene rings is 2. The Morgan fingerprint density at radius 3 is 2.55 bits per heavy atom. The van der Waals surface area contributed by atoms with Crippen LogP contribution < -0.4 is 15.0 Å². The number of hydrogen-bond donors (Lipinski definition) is 1. The van der Waals surface area contributed by atoms with E-state index in [0.29, 0.717) is 5.69 Å². The maximum atomic E-state index is 13.1. The first-order valence-electron chi connectivity index (χ1n) is 10.3. The van der Waals surface area contributed by atoms with E-state index in [4.69, 9.17) is 4.74 Å². The first-order chi connectivity index (χ1) is 14.6. The topological polar surface area (TPSA) is 102 Å². The number of carbonyl (C=O) groups excluding carboxylic acids is 2. The molecule has 0 fully saturated rings. The zero-order valence-corrected chi connectivity index (χ0v) is 18.3. The van der Waals surface area contributed by atoms with Gasteiger partial charge in [0, 0.05) is 11.8 Å². The zero-order valence-electron chi connectivity index (χ0n) is 18.3. The molecule has 1 atom stereocenters. The molecule has 1 aliphatic heterocycles. The highest BCUT2D eigenvalue weighted by atomic mass is 16.6. The number of hydrogen-bond acceptors (Lipinski definition) is 5. The van der Waals surface area contributed by atoms with E-state index in [-0.39, 0.29) is 41.6 Å². The Morgan fingerprint density at radius 1 is 1.23 bits per heavy atom. The minimum Gasteiger partial charge on any atom is -0.478 e. The summed E-state index contributed by atoms with van der Waals surface area (Å²) in [6, 6.07) is 9.88. The highest BCUT2D eigenvalue weighted by Gasteiger charge is 2.38. The zero-order chi connectivity index (χ0) is 22.9. The largest absolute Gasteiger partial charge is 0.478 e. The van der Waals surface area contributed by atoms with Gasteiger partial charge in [0.25, 0.3) is 11.6 Å². The fourth-order valence-electron chi connectivity index (χ4n) is 3.64. The Morgan fingerprint density at radius 2 is 1.94 bits per heavy atom. The van der Waals surface area contributed by atoms with Crippen LogP contribution in [0.25, 0.3) is 0 Å². The summed E-state index contributed by atoms with van der Waals surface area (Å²) in [5, 5.41) is 14.1. The number of aryl methyl sites for hydroxylation is 1. The molecular weight excluding hydrogens is 398 g/mol. The van der Waals surface area contributed by atoms with E-state index < -0.39 is 11.0 Å². The van der Waals surface area contributed by atoms with Crippen molar-refractivity contribution >= 4 is 28.9 Å². The molecule has 1 N–H and O–H groups in total. The Balaban J connectivity index is 1.92. The van der Waals surface area contributed by atoms with E-state index in [1.807, 2.05) is 52.8 Å². The average molecular weight is 425 g/mol. The first kappa shape index (κ1) is 22.3. The Bertz CT molecular complexity index is 1030. The maximum absolute atomic E-state index is 13.1. The number of para-hydroxylation sites is 1. The van der Waals surface area contributed by atoms with Crippen molar-refractivity contribution in [1.82, 2.24) is 0 Å². The molecule has 1 aliphatic rings. The smallest absolute Gasteiger partial charge is 0.273 e. The van der Waals surface area contributed by atoms with Crippen LogP contribution in [0.2, 0.25) is 0 Å². The van der Waals surface area contributed by atoms with Gasteiger partial charge in [-0.1, -0.05) is 45.9 Å². The Hall–Kier alpha value is -3.42. The van der Waals surface area contributed by atoms with Crippen LogP contribution in [0.3, 0.4) is 0 Å². The van der Waals surface area contributed by atoms with Crippen molar-refractivity contribution in [2.75, 3.05) is 16.8 Å². The number of rotatable bonds is 6. The molecule has 2 aromatic carbocycles. The van der Waals surface area contributed by atoms with Gasteiger partial charge < -0.3 is 10.1 Å². The van der Waals surface area contributed by atoms with Gasteiger partial charge in [0.15, 0.2) is 11.9 Å². The Kier molecular flexibility index (Phi) is 6.29. The SMILES string of the molecule is Cc1cccc(C(C)C)c1NC(=O)CN1C(=O)C(C(C)C)Oc2cc([N+](=O)[O-])ccc21. The number of non-ortho nitro benzene ring substituents is 1. The van der Waals surface area contributed by atoms with Crippen LogP contribution in [0.1, 0.15) is 44.7 Å². The highest BCUT2D eigenvalue weighted by molar-refractivity contribution is 6.06. The molecule has 2 aromatic rings. The summed E-state index contributed by atoms with van der Waals surface area (Å²) < 4.78 is 5.77. The van der Waals surface area contributed by atoms with Crippen molar-refractivity contribution in [1.29, 1.82) is 0 Å². The summed E-state index contributed by atoms with van der Waals surface area (Å²) in [4.78, 5) is 38.0. The van der Waals surface area contributed by atoms with Crippen LogP contribution in [0.5, 0.6) is 5.75 Å². The third kappa shape index (κ3) is 4.52. The highest BCUT2D eigenvalue weighted by Crippen LogP contribution is 2.38. The second kappa shape index (κ2) is 8.75.